The van der Waals surface area contributed by atoms with Gasteiger partial charge in [-0.05, 0) is 31.9 Å². The van der Waals surface area contributed by atoms with Gasteiger partial charge in [0.2, 0.25) is 0 Å². The van der Waals surface area contributed by atoms with Gasteiger partial charge < -0.3 is 14.2 Å². The normalized spacial score (nSPS) is 12.6. The fraction of sp³-hybridized carbons (Fsp3) is 0.750. The first kappa shape index (κ1) is 32.5. The third-order valence-electron chi connectivity index (χ3n) is 5.80. The molecule has 0 aliphatic heterocycles. The van der Waals surface area contributed by atoms with Crippen LogP contribution in [0.1, 0.15) is 117 Å². The van der Waals surface area contributed by atoms with E-state index in [4.69, 9.17) is 14.2 Å². The molecule has 186 valence electrons. The molecule has 0 aliphatic rings. The maximum absolute atomic E-state index is 13.2. The maximum atomic E-state index is 13.2. The van der Waals surface area contributed by atoms with Crippen LogP contribution in [0.15, 0.2) is 30.3 Å². The number of carbonyl (C=O) groups excluding carboxylic acids is 1. The number of para-hydroxylation sites is 1. The standard InChI is InChI=1S/C28H48O4.Na.H/c1-4-7-9-11-13-15-20-24-28(31-6-3,32-26-22-18-17-19-23-26)27(29)30-25-21-16-14-12-10-8-5-2;;/h17-19,22-23H,4-16,20-21,24-25H2,1-3H3;;. The number of hydrogen-bond acceptors (Lipinski definition) is 4. The van der Waals surface area contributed by atoms with Crippen molar-refractivity contribution in [2.24, 2.45) is 0 Å². The molecule has 0 spiro atoms. The summed E-state index contributed by atoms with van der Waals surface area (Å²) in [6.07, 6.45) is 17.0. The number of benzene rings is 1. The molecule has 0 fully saturated rings. The van der Waals surface area contributed by atoms with E-state index >= 15 is 0 Å². The Labute approximate surface area is 225 Å². The minimum atomic E-state index is -1.36. The van der Waals surface area contributed by atoms with Gasteiger partial charge in [-0.2, -0.15) is 0 Å². The zero-order chi connectivity index (χ0) is 23.3. The van der Waals surface area contributed by atoms with Crippen LogP contribution in [0.25, 0.3) is 0 Å². The summed E-state index contributed by atoms with van der Waals surface area (Å²) in [7, 11) is 0. The predicted molar refractivity (Wildman–Crippen MR) is 140 cm³/mol. The first-order chi connectivity index (χ1) is 15.7. The van der Waals surface area contributed by atoms with Gasteiger partial charge in [0.1, 0.15) is 5.75 Å². The SMILES string of the molecule is CCCCCCCCCOC(=O)C(CCCCCCCCC)(OCC)Oc1ccccc1.[NaH]. The Morgan fingerprint density at radius 3 is 1.79 bits per heavy atom. The van der Waals surface area contributed by atoms with E-state index in [0.29, 0.717) is 25.4 Å². The Balaban J connectivity index is 0.0000102. The molecule has 1 unspecified atom stereocenters. The first-order valence-corrected chi connectivity index (χ1v) is 13.2. The molecule has 1 rings (SSSR count). The molecule has 0 amide bonds. The third kappa shape index (κ3) is 15.1. The molecule has 0 aliphatic carbocycles. The monoisotopic (exact) mass is 472 g/mol. The topological polar surface area (TPSA) is 44.8 Å². The van der Waals surface area contributed by atoms with Crippen molar-refractivity contribution in [3.8, 4) is 5.75 Å². The molecular weight excluding hydrogens is 423 g/mol. The predicted octanol–water partition coefficient (Wildman–Crippen LogP) is 7.58. The average molecular weight is 473 g/mol. The molecule has 0 heterocycles. The summed E-state index contributed by atoms with van der Waals surface area (Å²) in [5.41, 5.74) is 0. The van der Waals surface area contributed by atoms with Gasteiger partial charge in [-0.3, -0.25) is 0 Å². The van der Waals surface area contributed by atoms with E-state index in [0.717, 1.165) is 25.7 Å². The molecule has 5 heteroatoms. The van der Waals surface area contributed by atoms with Gasteiger partial charge in [0.05, 0.1) is 6.61 Å². The van der Waals surface area contributed by atoms with Crippen LogP contribution >= 0.6 is 0 Å². The molecule has 0 aromatic heterocycles. The van der Waals surface area contributed by atoms with Crippen LogP contribution in [0, 0.1) is 0 Å². The van der Waals surface area contributed by atoms with Crippen LogP contribution in [0.5, 0.6) is 5.75 Å². The van der Waals surface area contributed by atoms with Crippen molar-refractivity contribution in [2.45, 2.75) is 123 Å². The van der Waals surface area contributed by atoms with Crippen molar-refractivity contribution < 1.29 is 19.0 Å². The Bertz CT molecular complexity index is 566. The molecule has 0 N–H and O–H groups in total. The van der Waals surface area contributed by atoms with Crippen LogP contribution in [0.2, 0.25) is 0 Å². The van der Waals surface area contributed by atoms with Gasteiger partial charge in [0, 0.05) is 13.0 Å². The second kappa shape index (κ2) is 21.9. The molecule has 0 bridgehead atoms. The zero-order valence-electron chi connectivity index (χ0n) is 21.0. The van der Waals surface area contributed by atoms with E-state index in [2.05, 4.69) is 13.8 Å². The zero-order valence-corrected chi connectivity index (χ0v) is 21.0. The summed E-state index contributed by atoms with van der Waals surface area (Å²) in [5.74, 6) is -1.11. The van der Waals surface area contributed by atoms with Gasteiger partial charge in [0.25, 0.3) is 0 Å². The van der Waals surface area contributed by atoms with Gasteiger partial charge in [-0.15, -0.1) is 0 Å². The summed E-state index contributed by atoms with van der Waals surface area (Å²) in [6, 6.07) is 9.47. The Hall–Kier alpha value is -0.550. The van der Waals surface area contributed by atoms with E-state index in [-0.39, 0.29) is 35.5 Å². The van der Waals surface area contributed by atoms with Crippen molar-refractivity contribution >= 4 is 35.5 Å². The Kier molecular flexibility index (Phi) is 21.6. The molecule has 0 saturated heterocycles. The van der Waals surface area contributed by atoms with Crippen molar-refractivity contribution in [2.75, 3.05) is 13.2 Å². The summed E-state index contributed by atoms with van der Waals surface area (Å²) in [6.45, 7) is 7.19. The van der Waals surface area contributed by atoms with Gasteiger partial charge >= 0.3 is 41.3 Å². The van der Waals surface area contributed by atoms with E-state index in [1.165, 1.54) is 64.2 Å². The number of hydrogen-bond donors (Lipinski definition) is 0. The fourth-order valence-corrected chi connectivity index (χ4v) is 3.92. The molecular formula is C28H49NaO4. The van der Waals surface area contributed by atoms with Gasteiger partial charge in [-0.1, -0.05) is 109 Å². The van der Waals surface area contributed by atoms with Crippen molar-refractivity contribution in [3.05, 3.63) is 30.3 Å². The summed E-state index contributed by atoms with van der Waals surface area (Å²) in [5, 5.41) is 0. The number of rotatable bonds is 21. The molecule has 1 aromatic carbocycles. The van der Waals surface area contributed by atoms with E-state index < -0.39 is 5.79 Å². The number of esters is 1. The third-order valence-corrected chi connectivity index (χ3v) is 5.80. The van der Waals surface area contributed by atoms with Crippen LogP contribution in [0.3, 0.4) is 0 Å². The Morgan fingerprint density at radius 2 is 1.24 bits per heavy atom. The van der Waals surface area contributed by atoms with Crippen molar-refractivity contribution in [3.63, 3.8) is 0 Å². The minimum absolute atomic E-state index is 0. The molecule has 1 atom stereocenters. The second-order valence-corrected chi connectivity index (χ2v) is 8.73. The van der Waals surface area contributed by atoms with E-state index in [1.807, 2.05) is 37.3 Å². The number of unbranched alkanes of at least 4 members (excludes halogenated alkanes) is 12. The molecule has 1 aromatic rings. The average Bonchev–Trinajstić information content (AvgIpc) is 2.80. The summed E-state index contributed by atoms with van der Waals surface area (Å²) in [4.78, 5) is 13.2. The second-order valence-electron chi connectivity index (χ2n) is 8.73. The van der Waals surface area contributed by atoms with E-state index in [9.17, 15) is 4.79 Å². The van der Waals surface area contributed by atoms with Crippen molar-refractivity contribution in [1.29, 1.82) is 0 Å². The molecule has 4 nitrogen and oxygen atoms in total. The van der Waals surface area contributed by atoms with Crippen LogP contribution in [0.4, 0.5) is 0 Å². The Morgan fingerprint density at radius 1 is 0.727 bits per heavy atom. The van der Waals surface area contributed by atoms with Crippen LogP contribution in [-0.4, -0.2) is 54.5 Å². The fourth-order valence-electron chi connectivity index (χ4n) is 3.92. The van der Waals surface area contributed by atoms with Gasteiger partial charge in [0.15, 0.2) is 0 Å². The first-order valence-electron chi connectivity index (χ1n) is 13.2. The van der Waals surface area contributed by atoms with Crippen LogP contribution in [-0.2, 0) is 14.3 Å². The molecule has 33 heavy (non-hydrogen) atoms. The summed E-state index contributed by atoms with van der Waals surface area (Å²) >= 11 is 0. The molecule has 0 saturated carbocycles. The number of carbonyl (C=O) groups is 1. The van der Waals surface area contributed by atoms with E-state index in [1.54, 1.807) is 0 Å². The van der Waals surface area contributed by atoms with Crippen molar-refractivity contribution in [1.82, 2.24) is 0 Å². The molecule has 0 radical (unpaired) electrons. The quantitative estimate of drug-likeness (QED) is 0.0800. The number of ether oxygens (including phenoxy) is 3. The van der Waals surface area contributed by atoms with Crippen LogP contribution < -0.4 is 4.74 Å². The summed E-state index contributed by atoms with van der Waals surface area (Å²) < 4.78 is 17.8. The van der Waals surface area contributed by atoms with Gasteiger partial charge in [-0.25, -0.2) is 4.79 Å².